The predicted molar refractivity (Wildman–Crippen MR) is 138 cm³/mol. The van der Waals surface area contributed by atoms with E-state index in [1.165, 1.54) is 6.08 Å². The molecular weight excluding hydrogens is 564 g/mol. The van der Waals surface area contributed by atoms with Crippen LogP contribution in [-0.4, -0.2) is 135 Å². The van der Waals surface area contributed by atoms with Gasteiger partial charge in [0.1, 0.15) is 49.1 Å². The van der Waals surface area contributed by atoms with Crippen molar-refractivity contribution in [2.45, 2.75) is 101 Å². The van der Waals surface area contributed by atoms with E-state index in [1.807, 2.05) is 13.8 Å². The molecule has 15 nitrogen and oxygen atoms in total. The number of carboxylic acid groups (broad SMARTS) is 1. The van der Waals surface area contributed by atoms with E-state index in [1.54, 1.807) is 6.92 Å². The minimum atomic E-state index is -2.03. The number of ether oxygens (including phenoxy) is 5. The van der Waals surface area contributed by atoms with Crippen LogP contribution in [0, 0.1) is 11.3 Å². The third kappa shape index (κ3) is 8.11. The Bertz CT molecular complexity index is 998. The van der Waals surface area contributed by atoms with Crippen LogP contribution >= 0.6 is 0 Å². The number of rotatable bonds is 13. The first-order chi connectivity index (χ1) is 19.6. The highest BCUT2D eigenvalue weighted by Crippen LogP contribution is 2.43. The Balaban J connectivity index is 1.74. The Morgan fingerprint density at radius 3 is 2.43 bits per heavy atom. The predicted octanol–water partition coefficient (Wildman–Crippen LogP) is -2.00. The molecule has 1 aliphatic carbocycles. The van der Waals surface area contributed by atoms with Gasteiger partial charge in [-0.05, 0) is 42.7 Å². The van der Waals surface area contributed by atoms with Gasteiger partial charge < -0.3 is 59.4 Å². The van der Waals surface area contributed by atoms with Gasteiger partial charge in [0.15, 0.2) is 18.4 Å². The zero-order valence-corrected chi connectivity index (χ0v) is 23.8. The van der Waals surface area contributed by atoms with Crippen molar-refractivity contribution in [2.24, 2.45) is 11.3 Å². The summed E-state index contributed by atoms with van der Waals surface area (Å²) < 4.78 is 27.7. The normalized spacial score (nSPS) is 37.3. The number of carbonyl (C=O) groups excluding carboxylic acids is 2. The number of aliphatic carboxylic acids is 1. The molecule has 2 heterocycles. The Kier molecular flexibility index (Phi) is 11.6. The first-order valence-electron chi connectivity index (χ1n) is 13.8. The first-order valence-corrected chi connectivity index (χ1v) is 13.8. The van der Waals surface area contributed by atoms with Crippen LogP contribution < -0.4 is 0 Å². The summed E-state index contributed by atoms with van der Waals surface area (Å²) in [5.74, 6) is -2.70. The molecule has 10 atom stereocenters. The van der Waals surface area contributed by atoms with Crippen LogP contribution in [0.3, 0.4) is 0 Å². The van der Waals surface area contributed by atoms with E-state index in [4.69, 9.17) is 28.8 Å². The molecule has 7 N–H and O–H groups in total. The number of allylic oxidation sites excluding steroid dienone is 1. The fourth-order valence-corrected chi connectivity index (χ4v) is 5.57. The quantitative estimate of drug-likeness (QED) is 0.0886. The van der Waals surface area contributed by atoms with Crippen molar-refractivity contribution in [1.29, 1.82) is 0 Å². The van der Waals surface area contributed by atoms with Crippen LogP contribution in [0.25, 0.3) is 0 Å². The molecular formula is C27H42O15. The van der Waals surface area contributed by atoms with Gasteiger partial charge in [-0.1, -0.05) is 13.8 Å². The molecule has 0 aromatic rings. The molecule has 240 valence electrons. The summed E-state index contributed by atoms with van der Waals surface area (Å²) in [6, 6.07) is 0. The molecule has 2 aliphatic heterocycles. The lowest BCUT2D eigenvalue weighted by Gasteiger charge is -2.44. The van der Waals surface area contributed by atoms with Crippen LogP contribution in [0.1, 0.15) is 46.5 Å². The van der Waals surface area contributed by atoms with E-state index in [9.17, 15) is 45.0 Å². The Morgan fingerprint density at radius 1 is 1.14 bits per heavy atom. The number of carbonyl (C=O) groups is 3. The van der Waals surface area contributed by atoms with E-state index in [2.05, 4.69) is 0 Å². The highest BCUT2D eigenvalue weighted by molar-refractivity contribution is 5.92. The summed E-state index contributed by atoms with van der Waals surface area (Å²) in [6.07, 6.45) is -9.83. The summed E-state index contributed by atoms with van der Waals surface area (Å²) in [4.78, 5) is 34.6. The second-order valence-electron chi connectivity index (χ2n) is 11.8. The van der Waals surface area contributed by atoms with Gasteiger partial charge in [-0.2, -0.15) is 0 Å². The third-order valence-corrected chi connectivity index (χ3v) is 8.00. The van der Waals surface area contributed by atoms with Crippen molar-refractivity contribution < 1.29 is 73.8 Å². The second-order valence-corrected chi connectivity index (χ2v) is 11.8. The third-order valence-electron chi connectivity index (χ3n) is 8.00. The maximum Gasteiger partial charge on any atom is 0.317 e. The molecule has 2 saturated heterocycles. The maximum absolute atomic E-state index is 12.1. The topological polar surface area (TPSA) is 239 Å². The lowest BCUT2D eigenvalue weighted by molar-refractivity contribution is -0.343. The first kappa shape index (κ1) is 34.4. The molecule has 0 amide bonds. The van der Waals surface area contributed by atoms with Gasteiger partial charge in [0.2, 0.25) is 0 Å². The van der Waals surface area contributed by atoms with Gasteiger partial charge in [0, 0.05) is 6.42 Å². The number of aliphatic hydroxyl groups excluding tert-OH is 5. The summed E-state index contributed by atoms with van der Waals surface area (Å²) in [6.45, 7) is 3.37. The fourth-order valence-electron chi connectivity index (χ4n) is 5.57. The van der Waals surface area contributed by atoms with Crippen LogP contribution in [0.5, 0.6) is 0 Å². The smallest absolute Gasteiger partial charge is 0.317 e. The molecule has 0 spiro atoms. The number of hydrogen-bond acceptors (Lipinski definition) is 14. The second kappa shape index (κ2) is 14.2. The molecule has 3 rings (SSSR count). The fraction of sp³-hybridized carbons (Fsp3) is 0.815. The van der Waals surface area contributed by atoms with Gasteiger partial charge in [0.25, 0.3) is 0 Å². The molecule has 0 aromatic heterocycles. The summed E-state index contributed by atoms with van der Waals surface area (Å²) in [5.41, 5.74) is -1.83. The Hall–Kier alpha value is -2.05. The van der Waals surface area contributed by atoms with Gasteiger partial charge in [-0.25, -0.2) is 0 Å². The molecule has 3 aliphatic rings. The zero-order chi connectivity index (χ0) is 31.4. The molecule has 0 bridgehead atoms. The Labute approximate surface area is 242 Å². The van der Waals surface area contributed by atoms with Crippen LogP contribution in [0.4, 0.5) is 0 Å². The van der Waals surface area contributed by atoms with Crippen molar-refractivity contribution >= 4 is 17.7 Å². The van der Waals surface area contributed by atoms with E-state index in [0.29, 0.717) is 24.8 Å². The molecule has 15 heteroatoms. The lowest BCUT2D eigenvalue weighted by atomic mass is 9.66. The van der Waals surface area contributed by atoms with Crippen molar-refractivity contribution in [3.05, 3.63) is 11.6 Å². The average molecular weight is 607 g/mol. The number of esters is 1. The SMILES string of the molecule is CC(CCC1C(CO)=CC(=O)CC1(C)C)OC1OC(COC(=O)CC(=O)O)C(O)C(O)C1OC1OCC(O)(CO)C1O. The number of aliphatic hydroxyl groups is 6. The summed E-state index contributed by atoms with van der Waals surface area (Å²) in [5, 5.41) is 70.4. The van der Waals surface area contributed by atoms with E-state index >= 15 is 0 Å². The molecule has 0 saturated carbocycles. The number of hydrogen-bond donors (Lipinski definition) is 7. The standard InChI is InChI=1S/C27H42O15/c1-13(4-5-16-14(9-28)6-15(30)8-26(16,2)3)40-24-22(42-25-23(36)27(37,11-29)12-39-25)21(35)20(34)17(41-24)10-38-19(33)7-18(31)32/h6,13,16-17,20-25,28-29,34-37H,4-5,7-12H2,1-3H3,(H,31,32). The lowest BCUT2D eigenvalue weighted by Crippen LogP contribution is -2.62. The Morgan fingerprint density at radius 2 is 1.83 bits per heavy atom. The van der Waals surface area contributed by atoms with Crippen molar-refractivity contribution in [3.63, 3.8) is 0 Å². The van der Waals surface area contributed by atoms with Gasteiger partial charge in [-0.3, -0.25) is 14.4 Å². The van der Waals surface area contributed by atoms with Gasteiger partial charge in [-0.15, -0.1) is 0 Å². The highest BCUT2D eigenvalue weighted by atomic mass is 16.8. The number of carboxylic acids is 1. The van der Waals surface area contributed by atoms with Crippen molar-refractivity contribution in [2.75, 3.05) is 26.4 Å². The zero-order valence-electron chi connectivity index (χ0n) is 23.8. The summed E-state index contributed by atoms with van der Waals surface area (Å²) in [7, 11) is 0. The largest absolute Gasteiger partial charge is 0.481 e. The molecule has 42 heavy (non-hydrogen) atoms. The van der Waals surface area contributed by atoms with Gasteiger partial charge >= 0.3 is 11.9 Å². The minimum Gasteiger partial charge on any atom is -0.481 e. The van der Waals surface area contributed by atoms with Crippen LogP contribution in [-0.2, 0) is 38.1 Å². The van der Waals surface area contributed by atoms with E-state index in [0.717, 1.165) is 0 Å². The maximum atomic E-state index is 12.1. The van der Waals surface area contributed by atoms with Gasteiger partial charge in [0.05, 0.1) is 25.9 Å². The minimum absolute atomic E-state index is 0.0627. The molecule has 2 fully saturated rings. The van der Waals surface area contributed by atoms with Crippen LogP contribution in [0.15, 0.2) is 11.6 Å². The molecule has 10 unspecified atom stereocenters. The number of ketones is 1. The summed E-state index contributed by atoms with van der Waals surface area (Å²) >= 11 is 0. The molecule has 0 radical (unpaired) electrons. The average Bonchev–Trinajstić information content (AvgIpc) is 3.19. The van der Waals surface area contributed by atoms with Crippen molar-refractivity contribution in [3.8, 4) is 0 Å². The highest BCUT2D eigenvalue weighted by Gasteiger charge is 2.53. The van der Waals surface area contributed by atoms with Crippen LogP contribution in [0.2, 0.25) is 0 Å². The van der Waals surface area contributed by atoms with E-state index in [-0.39, 0.29) is 18.3 Å². The van der Waals surface area contributed by atoms with Crippen molar-refractivity contribution in [1.82, 2.24) is 0 Å². The van der Waals surface area contributed by atoms with E-state index < -0.39 is 98.4 Å². The monoisotopic (exact) mass is 606 g/mol. The molecule has 0 aromatic carbocycles.